The summed E-state index contributed by atoms with van der Waals surface area (Å²) in [5, 5.41) is 14.1. The molecule has 9 heteroatoms. The zero-order valence-corrected chi connectivity index (χ0v) is 41.3. The molecule has 0 saturated carbocycles. The van der Waals surface area contributed by atoms with Gasteiger partial charge in [-0.25, -0.2) is 0 Å². The van der Waals surface area contributed by atoms with Crippen molar-refractivity contribution in [2.75, 3.05) is 0 Å². The minimum atomic E-state index is -5.14. The molecule has 0 aliphatic rings. The van der Waals surface area contributed by atoms with Crippen molar-refractivity contribution in [3.05, 3.63) is 265 Å². The lowest BCUT2D eigenvalue weighted by atomic mass is 9.90. The van der Waals surface area contributed by atoms with Gasteiger partial charge >= 0.3 is 12.4 Å². The molecule has 0 fully saturated rings. The van der Waals surface area contributed by atoms with Gasteiger partial charge in [-0.05, 0) is 129 Å². The standard InChI is InChI=1S/C69H41F6N3/c70-68(71,72)59-22-13-23-60(69(73,74)75)67(59)52-25-31-54(66(41-52)78-63-34-28-50(46-18-9-3-10-19-46)39-57(63)58-40-51(29-35-64(58)78)47-20-11-4-12-21-47)53-30-24-43(42-76)36-65(53)77-61-32-26-48(44-14-5-1-6-15-44)37-55(61)56-38-49(27-33-62(56)77)45-16-7-2-8-17-45/h1-41H. The average Bonchev–Trinajstić information content (AvgIpc) is 4.22. The van der Waals surface area contributed by atoms with Crippen LogP contribution in [-0.4, -0.2) is 9.13 Å². The second-order valence-electron chi connectivity index (χ2n) is 19.4. The van der Waals surface area contributed by atoms with E-state index in [0.29, 0.717) is 51.2 Å². The van der Waals surface area contributed by atoms with Crippen LogP contribution in [0.1, 0.15) is 16.7 Å². The molecule has 0 spiro atoms. The Labute approximate surface area is 444 Å². The quantitative estimate of drug-likeness (QED) is 0.140. The largest absolute Gasteiger partial charge is 0.417 e. The molecule has 0 radical (unpaired) electrons. The van der Waals surface area contributed by atoms with E-state index in [1.807, 2.05) is 132 Å². The summed E-state index contributed by atoms with van der Waals surface area (Å²) in [6, 6.07) is 78.7. The van der Waals surface area contributed by atoms with Crippen LogP contribution in [0.2, 0.25) is 0 Å². The summed E-state index contributed by atoms with van der Waals surface area (Å²) in [6.45, 7) is 0. The second kappa shape index (κ2) is 18.7. The molecular formula is C69H41F6N3. The molecular weight excluding hydrogens is 985 g/mol. The van der Waals surface area contributed by atoms with Crippen LogP contribution in [0.15, 0.2) is 249 Å². The minimum absolute atomic E-state index is 0.278. The third-order valence-electron chi connectivity index (χ3n) is 14.8. The monoisotopic (exact) mass is 1030 g/mol. The normalized spacial score (nSPS) is 12.0. The van der Waals surface area contributed by atoms with Crippen LogP contribution >= 0.6 is 0 Å². The highest BCUT2D eigenvalue weighted by atomic mass is 19.4. The number of halogens is 6. The van der Waals surface area contributed by atoms with Gasteiger partial charge in [0.1, 0.15) is 0 Å². The van der Waals surface area contributed by atoms with Crippen molar-refractivity contribution >= 4 is 43.6 Å². The number of rotatable bonds is 8. The summed E-state index contributed by atoms with van der Waals surface area (Å²) >= 11 is 0. The molecule has 78 heavy (non-hydrogen) atoms. The summed E-state index contributed by atoms with van der Waals surface area (Å²) in [5.41, 5.74) is 9.00. The molecule has 0 atom stereocenters. The molecule has 374 valence electrons. The number of benzene rings is 11. The lowest BCUT2D eigenvalue weighted by molar-refractivity contribution is -0.142. The molecule has 2 heterocycles. The third-order valence-corrected chi connectivity index (χ3v) is 14.8. The SMILES string of the molecule is N#Cc1ccc(-c2ccc(-c3c(C(F)(F)F)cccc3C(F)(F)F)cc2-n2c3ccc(-c4ccccc4)cc3c3cc(-c4ccccc4)ccc32)c(-n2c3ccc(-c4ccccc4)cc3c3cc(-c4ccccc4)ccc32)c1. The topological polar surface area (TPSA) is 33.6 Å². The van der Waals surface area contributed by atoms with Crippen molar-refractivity contribution in [3.8, 4) is 84.2 Å². The minimum Gasteiger partial charge on any atom is -0.309 e. The first kappa shape index (κ1) is 47.8. The molecule has 0 N–H and O–H groups in total. The fourth-order valence-corrected chi connectivity index (χ4v) is 11.3. The van der Waals surface area contributed by atoms with Crippen LogP contribution in [0, 0.1) is 11.3 Å². The predicted molar refractivity (Wildman–Crippen MR) is 302 cm³/mol. The van der Waals surface area contributed by atoms with E-state index in [1.165, 1.54) is 12.1 Å². The van der Waals surface area contributed by atoms with Gasteiger partial charge in [-0.1, -0.05) is 170 Å². The molecule has 0 amide bonds. The highest BCUT2D eigenvalue weighted by Crippen LogP contribution is 2.49. The zero-order chi connectivity index (χ0) is 53.3. The first-order valence-electron chi connectivity index (χ1n) is 25.3. The molecule has 3 nitrogen and oxygen atoms in total. The smallest absolute Gasteiger partial charge is 0.309 e. The lowest BCUT2D eigenvalue weighted by Gasteiger charge is -2.22. The molecule has 0 aliphatic heterocycles. The van der Waals surface area contributed by atoms with Gasteiger partial charge in [-0.3, -0.25) is 0 Å². The molecule has 0 unspecified atom stereocenters. The maximum atomic E-state index is 15.2. The lowest BCUT2D eigenvalue weighted by Crippen LogP contribution is -2.14. The number of aromatic nitrogens is 2. The Morgan fingerprint density at radius 1 is 0.295 bits per heavy atom. The number of hydrogen-bond donors (Lipinski definition) is 0. The van der Waals surface area contributed by atoms with Gasteiger partial charge in [-0.2, -0.15) is 31.6 Å². The number of fused-ring (bicyclic) bond motifs is 6. The van der Waals surface area contributed by atoms with Crippen molar-refractivity contribution in [1.82, 2.24) is 9.13 Å². The Morgan fingerprint density at radius 2 is 0.615 bits per heavy atom. The number of alkyl halides is 6. The molecule has 0 bridgehead atoms. The molecule has 0 aliphatic carbocycles. The van der Waals surface area contributed by atoms with E-state index in [-0.39, 0.29) is 5.56 Å². The van der Waals surface area contributed by atoms with Gasteiger partial charge in [0.2, 0.25) is 0 Å². The van der Waals surface area contributed by atoms with Gasteiger partial charge in [0.05, 0.1) is 56.2 Å². The summed E-state index contributed by atoms with van der Waals surface area (Å²) in [4.78, 5) is 0. The number of nitriles is 1. The summed E-state index contributed by atoms with van der Waals surface area (Å²) in [7, 11) is 0. The van der Waals surface area contributed by atoms with Gasteiger partial charge < -0.3 is 9.13 Å². The van der Waals surface area contributed by atoms with Crippen molar-refractivity contribution in [2.45, 2.75) is 12.4 Å². The van der Waals surface area contributed by atoms with Gasteiger partial charge in [0, 0.05) is 38.2 Å². The number of nitrogens with zero attached hydrogens (tertiary/aromatic N) is 3. The molecule has 13 aromatic rings. The summed E-state index contributed by atoms with van der Waals surface area (Å²) in [5.74, 6) is 0. The van der Waals surface area contributed by atoms with E-state index in [9.17, 15) is 5.26 Å². The van der Waals surface area contributed by atoms with Crippen LogP contribution in [0.4, 0.5) is 26.3 Å². The van der Waals surface area contributed by atoms with Gasteiger partial charge in [0.25, 0.3) is 0 Å². The van der Waals surface area contributed by atoms with Gasteiger partial charge in [-0.15, -0.1) is 0 Å². The van der Waals surface area contributed by atoms with Crippen molar-refractivity contribution in [2.24, 2.45) is 0 Å². The first-order valence-corrected chi connectivity index (χ1v) is 25.3. The Bertz CT molecular complexity index is 4280. The van der Waals surface area contributed by atoms with Crippen molar-refractivity contribution in [1.29, 1.82) is 5.26 Å². The molecule has 11 aromatic carbocycles. The van der Waals surface area contributed by atoms with Crippen LogP contribution in [-0.2, 0) is 12.4 Å². The van der Waals surface area contributed by atoms with Crippen LogP contribution in [0.5, 0.6) is 0 Å². The highest BCUT2D eigenvalue weighted by molar-refractivity contribution is 6.14. The number of hydrogen-bond acceptors (Lipinski definition) is 1. The predicted octanol–water partition coefficient (Wildman–Crippen LogP) is 19.8. The van der Waals surface area contributed by atoms with Gasteiger partial charge in [0.15, 0.2) is 0 Å². The van der Waals surface area contributed by atoms with E-state index in [1.54, 1.807) is 18.2 Å². The fraction of sp³-hybridized carbons (Fsp3) is 0.0290. The summed E-state index contributed by atoms with van der Waals surface area (Å²) in [6.07, 6.45) is -10.3. The van der Waals surface area contributed by atoms with E-state index < -0.39 is 29.0 Å². The van der Waals surface area contributed by atoms with Crippen molar-refractivity contribution in [3.63, 3.8) is 0 Å². The molecule has 13 rings (SSSR count). The van der Waals surface area contributed by atoms with Crippen LogP contribution in [0.25, 0.3) is 122 Å². The Hall–Kier alpha value is -9.91. The van der Waals surface area contributed by atoms with E-state index in [0.717, 1.165) is 83.2 Å². The highest BCUT2D eigenvalue weighted by Gasteiger charge is 2.41. The maximum Gasteiger partial charge on any atom is 0.417 e. The van der Waals surface area contributed by atoms with E-state index in [2.05, 4.69) is 83.4 Å². The second-order valence-corrected chi connectivity index (χ2v) is 19.4. The van der Waals surface area contributed by atoms with E-state index in [4.69, 9.17) is 0 Å². The zero-order valence-electron chi connectivity index (χ0n) is 41.3. The van der Waals surface area contributed by atoms with Crippen LogP contribution < -0.4 is 0 Å². The Kier molecular flexibility index (Phi) is 11.5. The Morgan fingerprint density at radius 3 is 0.949 bits per heavy atom. The summed E-state index contributed by atoms with van der Waals surface area (Å²) < 4.78 is 95.1. The van der Waals surface area contributed by atoms with Crippen molar-refractivity contribution < 1.29 is 26.3 Å². The maximum absolute atomic E-state index is 15.2. The molecule has 0 saturated heterocycles. The van der Waals surface area contributed by atoms with E-state index >= 15 is 26.3 Å². The first-order chi connectivity index (χ1) is 37.9. The average molecular weight is 1030 g/mol. The fourth-order valence-electron chi connectivity index (χ4n) is 11.3. The van der Waals surface area contributed by atoms with Crippen LogP contribution in [0.3, 0.4) is 0 Å². The third kappa shape index (κ3) is 8.26. The Balaban J connectivity index is 1.14. The molecule has 2 aromatic heterocycles.